The van der Waals surface area contributed by atoms with Gasteiger partial charge in [-0.15, -0.1) is 0 Å². The van der Waals surface area contributed by atoms with E-state index >= 15 is 0 Å². The maximum Gasteiger partial charge on any atom is 0.281 e. The van der Waals surface area contributed by atoms with Crippen molar-refractivity contribution in [2.45, 2.75) is 26.3 Å². The van der Waals surface area contributed by atoms with E-state index in [2.05, 4.69) is 5.10 Å². The maximum absolute atomic E-state index is 13.9. The molecule has 0 saturated heterocycles. The second kappa shape index (κ2) is 7.03. The Kier molecular flexibility index (Phi) is 4.23. The van der Waals surface area contributed by atoms with Crippen LogP contribution in [0.1, 0.15) is 18.5 Å². The molecule has 0 spiro atoms. The lowest BCUT2D eigenvalue weighted by Crippen LogP contribution is -2.24. The van der Waals surface area contributed by atoms with Crippen LogP contribution < -0.4 is 5.56 Å². The minimum atomic E-state index is -0.181. The summed E-state index contributed by atoms with van der Waals surface area (Å²) in [6.45, 7) is 2.75. The first-order valence-corrected chi connectivity index (χ1v) is 11.1. The van der Waals surface area contributed by atoms with E-state index in [1.165, 1.54) is 17.5 Å². The summed E-state index contributed by atoms with van der Waals surface area (Å²) in [6.07, 6.45) is 4.33. The molecule has 0 amide bonds. The average Bonchev–Trinajstić information content (AvgIpc) is 3.43. The quantitative estimate of drug-likeness (QED) is 0.409. The zero-order chi connectivity index (χ0) is 22.0. The Bertz CT molecular complexity index is 1560. The summed E-state index contributed by atoms with van der Waals surface area (Å²) >= 11 is 6.13. The second-order valence-corrected chi connectivity index (χ2v) is 8.99. The van der Waals surface area contributed by atoms with E-state index in [9.17, 15) is 4.79 Å². The molecule has 5 aromatic rings. The fourth-order valence-electron chi connectivity index (χ4n) is 4.29. The monoisotopic (exact) mass is 444 g/mol. The number of hydrogen-bond donors (Lipinski definition) is 0. The van der Waals surface area contributed by atoms with Crippen molar-refractivity contribution >= 4 is 33.5 Å². The number of benzene rings is 2. The van der Waals surface area contributed by atoms with E-state index in [1.54, 1.807) is 4.68 Å². The van der Waals surface area contributed by atoms with Crippen LogP contribution in [-0.4, -0.2) is 29.3 Å². The Labute approximate surface area is 188 Å². The molecule has 1 saturated carbocycles. The van der Waals surface area contributed by atoms with Crippen molar-refractivity contribution in [3.8, 4) is 16.8 Å². The van der Waals surface area contributed by atoms with E-state index in [4.69, 9.17) is 21.8 Å². The van der Waals surface area contributed by atoms with Gasteiger partial charge in [0.1, 0.15) is 11.0 Å². The summed E-state index contributed by atoms with van der Waals surface area (Å²) in [5, 5.41) is 15.6. The third-order valence-corrected chi connectivity index (χ3v) is 6.30. The third kappa shape index (κ3) is 3.12. The van der Waals surface area contributed by atoms with Crippen LogP contribution in [0.2, 0.25) is 5.02 Å². The molecule has 0 atom stereocenters. The molecule has 3 heterocycles. The van der Waals surface area contributed by atoms with Crippen LogP contribution >= 0.6 is 11.6 Å². The first kappa shape index (κ1) is 19.3. The van der Waals surface area contributed by atoms with Gasteiger partial charge in [0.05, 0.1) is 22.5 Å². The molecule has 0 aliphatic heterocycles. The average molecular weight is 445 g/mol. The number of aromatic nitrogens is 6. The van der Waals surface area contributed by atoms with Crippen LogP contribution in [0.5, 0.6) is 0 Å². The van der Waals surface area contributed by atoms with Gasteiger partial charge in [0.25, 0.3) is 5.56 Å². The van der Waals surface area contributed by atoms with Crippen molar-refractivity contribution in [3.05, 3.63) is 69.7 Å². The summed E-state index contributed by atoms with van der Waals surface area (Å²) in [4.78, 5) is 13.9. The van der Waals surface area contributed by atoms with Gasteiger partial charge in [-0.3, -0.25) is 14.2 Å². The van der Waals surface area contributed by atoms with Crippen LogP contribution in [0.25, 0.3) is 38.8 Å². The van der Waals surface area contributed by atoms with E-state index in [0.717, 1.165) is 39.7 Å². The highest BCUT2D eigenvalue weighted by molar-refractivity contribution is 6.30. The highest BCUT2D eigenvalue weighted by Crippen LogP contribution is 2.34. The first-order valence-electron chi connectivity index (χ1n) is 10.7. The number of hydrogen-bond acceptors (Lipinski definition) is 4. The van der Waals surface area contributed by atoms with Gasteiger partial charge in [0.15, 0.2) is 0 Å². The van der Waals surface area contributed by atoms with Crippen molar-refractivity contribution in [2.75, 3.05) is 0 Å². The lowest BCUT2D eigenvalue weighted by Gasteiger charge is -2.12. The lowest BCUT2D eigenvalue weighted by molar-refractivity contribution is 0.576. The Morgan fingerprint density at radius 1 is 1.06 bits per heavy atom. The van der Waals surface area contributed by atoms with Crippen molar-refractivity contribution in [1.29, 1.82) is 0 Å². The molecular weight excluding hydrogens is 424 g/mol. The van der Waals surface area contributed by atoms with Gasteiger partial charge in [-0.2, -0.15) is 20.0 Å². The number of halogens is 1. The van der Waals surface area contributed by atoms with E-state index in [1.807, 2.05) is 67.3 Å². The smallest absolute Gasteiger partial charge is 0.275 e. The predicted molar refractivity (Wildman–Crippen MR) is 125 cm³/mol. The number of fused-ring (bicyclic) bond motifs is 2. The van der Waals surface area contributed by atoms with Crippen molar-refractivity contribution < 1.29 is 0 Å². The Balaban J connectivity index is 1.66. The summed E-state index contributed by atoms with van der Waals surface area (Å²) in [5.41, 5.74) is 5.13. The van der Waals surface area contributed by atoms with Gasteiger partial charge in [0.2, 0.25) is 0 Å². The Hall–Kier alpha value is -3.45. The van der Waals surface area contributed by atoms with Gasteiger partial charge >= 0.3 is 0 Å². The summed E-state index contributed by atoms with van der Waals surface area (Å²) < 4.78 is 5.21. The fourth-order valence-corrected chi connectivity index (χ4v) is 4.41. The Morgan fingerprint density at radius 3 is 2.59 bits per heavy atom. The van der Waals surface area contributed by atoms with Crippen LogP contribution in [0.4, 0.5) is 0 Å². The Morgan fingerprint density at radius 2 is 1.84 bits per heavy atom. The normalized spacial score (nSPS) is 14.0. The number of rotatable bonds is 4. The zero-order valence-corrected chi connectivity index (χ0v) is 18.5. The molecule has 32 heavy (non-hydrogen) atoms. The lowest BCUT2D eigenvalue weighted by atomic mass is 10.1. The van der Waals surface area contributed by atoms with E-state index < -0.39 is 0 Å². The number of nitrogens with zero attached hydrogens (tertiary/aromatic N) is 6. The molecule has 160 valence electrons. The molecule has 6 rings (SSSR count). The molecule has 1 aliphatic rings. The molecule has 2 aromatic carbocycles. The van der Waals surface area contributed by atoms with Gasteiger partial charge in [-0.1, -0.05) is 23.7 Å². The molecule has 1 aliphatic carbocycles. The van der Waals surface area contributed by atoms with Gasteiger partial charge in [-0.05, 0) is 61.6 Å². The minimum absolute atomic E-state index is 0.181. The van der Waals surface area contributed by atoms with Crippen molar-refractivity contribution in [2.24, 2.45) is 13.0 Å². The van der Waals surface area contributed by atoms with Crippen LogP contribution in [0.3, 0.4) is 0 Å². The molecule has 0 radical (unpaired) electrons. The van der Waals surface area contributed by atoms with E-state index in [-0.39, 0.29) is 5.56 Å². The summed E-state index contributed by atoms with van der Waals surface area (Å²) in [7, 11) is 1.88. The van der Waals surface area contributed by atoms with Crippen LogP contribution in [0.15, 0.2) is 53.5 Å². The molecule has 1 fully saturated rings. The maximum atomic E-state index is 13.9. The zero-order valence-electron chi connectivity index (χ0n) is 17.8. The van der Waals surface area contributed by atoms with Crippen molar-refractivity contribution in [3.63, 3.8) is 0 Å². The highest BCUT2D eigenvalue weighted by atomic mass is 35.5. The van der Waals surface area contributed by atoms with Crippen molar-refractivity contribution in [1.82, 2.24) is 29.3 Å². The summed E-state index contributed by atoms with van der Waals surface area (Å²) in [6, 6.07) is 13.1. The van der Waals surface area contributed by atoms with Crippen LogP contribution in [0, 0.1) is 12.8 Å². The topological polar surface area (TPSA) is 70.5 Å². The second-order valence-electron chi connectivity index (χ2n) is 8.55. The predicted octanol–water partition coefficient (Wildman–Crippen LogP) is 4.51. The molecule has 0 N–H and O–H groups in total. The highest BCUT2D eigenvalue weighted by Gasteiger charge is 2.26. The molecule has 7 nitrogen and oxygen atoms in total. The largest absolute Gasteiger partial charge is 0.281 e. The molecular formula is C24H21ClN6O. The van der Waals surface area contributed by atoms with Gasteiger partial charge in [-0.25, -0.2) is 0 Å². The number of aryl methyl sites for hydroxylation is 2. The van der Waals surface area contributed by atoms with Crippen LogP contribution in [-0.2, 0) is 13.6 Å². The standard InChI is InChI=1S/C24H21ClN6O/c1-14-22-23(30(26-14)12-15-3-4-15)21(16-5-7-18(25)8-6-16)24(32)31(28-22)19-9-10-20-17(11-19)13-29(2)27-20/h5-11,13,15H,3-4,12H2,1-2H3. The summed E-state index contributed by atoms with van der Waals surface area (Å²) in [5.74, 6) is 0.617. The SMILES string of the molecule is Cc1nn(CC2CC2)c2c(-c3ccc(Cl)cc3)c(=O)n(-c3ccc4nn(C)cc4c3)nc12. The first-order chi connectivity index (χ1) is 15.5. The molecule has 3 aromatic heterocycles. The molecule has 0 bridgehead atoms. The minimum Gasteiger partial charge on any atom is -0.275 e. The molecule has 8 heteroatoms. The van der Waals surface area contributed by atoms with E-state index in [0.29, 0.717) is 22.2 Å². The van der Waals surface area contributed by atoms with Gasteiger partial charge < -0.3 is 0 Å². The third-order valence-electron chi connectivity index (χ3n) is 6.05. The molecule has 0 unspecified atom stereocenters. The van der Waals surface area contributed by atoms with Gasteiger partial charge in [0, 0.05) is 30.2 Å². The fraction of sp³-hybridized carbons (Fsp3) is 0.250.